The zero-order valence-corrected chi connectivity index (χ0v) is 19.6. The molecular formula is C21H36IN3O2. The van der Waals surface area contributed by atoms with Crippen LogP contribution in [0.5, 0.6) is 0 Å². The summed E-state index contributed by atoms with van der Waals surface area (Å²) in [6, 6.07) is 10.6. The van der Waals surface area contributed by atoms with Crippen LogP contribution in [0.25, 0.3) is 0 Å². The Hall–Kier alpha value is -0.860. The molecule has 0 amide bonds. The summed E-state index contributed by atoms with van der Waals surface area (Å²) in [6.07, 6.45) is 1.15. The zero-order chi connectivity index (χ0) is 18.8. The minimum Gasteiger partial charge on any atom is -0.382 e. The number of benzene rings is 1. The molecule has 1 aliphatic heterocycles. The van der Waals surface area contributed by atoms with E-state index in [0.29, 0.717) is 19.1 Å². The van der Waals surface area contributed by atoms with E-state index >= 15 is 0 Å². The predicted octanol–water partition coefficient (Wildman–Crippen LogP) is 3.53. The van der Waals surface area contributed by atoms with Crippen molar-refractivity contribution in [3.05, 3.63) is 35.9 Å². The highest BCUT2D eigenvalue weighted by molar-refractivity contribution is 14.0. The molecule has 0 saturated carbocycles. The van der Waals surface area contributed by atoms with Crippen molar-refractivity contribution in [2.45, 2.75) is 32.6 Å². The maximum atomic E-state index is 5.71. The molecule has 1 atom stereocenters. The van der Waals surface area contributed by atoms with Crippen molar-refractivity contribution in [3.63, 3.8) is 0 Å². The molecule has 1 aliphatic rings. The second-order valence-electron chi connectivity index (χ2n) is 7.59. The summed E-state index contributed by atoms with van der Waals surface area (Å²) in [6.45, 7) is 12.5. The van der Waals surface area contributed by atoms with E-state index in [4.69, 9.17) is 14.5 Å². The van der Waals surface area contributed by atoms with Crippen molar-refractivity contribution in [2.24, 2.45) is 10.9 Å². The van der Waals surface area contributed by atoms with Gasteiger partial charge in [0.1, 0.15) is 0 Å². The van der Waals surface area contributed by atoms with Crippen molar-refractivity contribution in [2.75, 3.05) is 53.1 Å². The van der Waals surface area contributed by atoms with Crippen LogP contribution >= 0.6 is 24.0 Å². The Labute approximate surface area is 181 Å². The first-order valence-electron chi connectivity index (χ1n) is 9.72. The van der Waals surface area contributed by atoms with E-state index in [1.54, 1.807) is 7.11 Å². The van der Waals surface area contributed by atoms with Gasteiger partial charge >= 0.3 is 0 Å². The summed E-state index contributed by atoms with van der Waals surface area (Å²) in [7, 11) is 1.71. The molecule has 0 radical (unpaired) electrons. The van der Waals surface area contributed by atoms with Crippen LogP contribution in [0.2, 0.25) is 0 Å². The molecule has 154 valence electrons. The number of nitrogens with zero attached hydrogens (tertiary/aromatic N) is 2. The quantitative estimate of drug-likeness (QED) is 0.250. The number of guanidine groups is 1. The van der Waals surface area contributed by atoms with Gasteiger partial charge in [-0.15, -0.1) is 24.0 Å². The topological polar surface area (TPSA) is 46.1 Å². The van der Waals surface area contributed by atoms with Crippen LogP contribution < -0.4 is 5.32 Å². The molecule has 1 saturated heterocycles. The van der Waals surface area contributed by atoms with Gasteiger partial charge in [0.05, 0.1) is 26.4 Å². The molecule has 6 heteroatoms. The van der Waals surface area contributed by atoms with Crippen LogP contribution in [0, 0.1) is 5.92 Å². The number of halogens is 1. The Morgan fingerprint density at radius 2 is 2.00 bits per heavy atom. The highest BCUT2D eigenvalue weighted by Crippen LogP contribution is 2.24. The average Bonchev–Trinajstić information content (AvgIpc) is 3.12. The van der Waals surface area contributed by atoms with Crippen LogP contribution in [-0.4, -0.2) is 64.0 Å². The fourth-order valence-electron chi connectivity index (χ4n) is 3.23. The number of likely N-dealkylation sites (tertiary alicyclic amines) is 1. The third-order valence-corrected chi connectivity index (χ3v) is 4.88. The van der Waals surface area contributed by atoms with Gasteiger partial charge in [-0.3, -0.25) is 4.99 Å². The number of methoxy groups -OCH3 is 1. The second-order valence-corrected chi connectivity index (χ2v) is 7.59. The van der Waals surface area contributed by atoms with Crippen LogP contribution in [0.15, 0.2) is 35.3 Å². The normalized spacial score (nSPS) is 17.7. The van der Waals surface area contributed by atoms with Crippen LogP contribution in [-0.2, 0) is 14.9 Å². The molecule has 2 rings (SSSR count). The van der Waals surface area contributed by atoms with E-state index in [-0.39, 0.29) is 29.4 Å². The summed E-state index contributed by atoms with van der Waals surface area (Å²) >= 11 is 0. The Morgan fingerprint density at radius 1 is 1.26 bits per heavy atom. The Kier molecular flexibility index (Phi) is 11.3. The number of hydrogen-bond donors (Lipinski definition) is 1. The largest absolute Gasteiger partial charge is 0.382 e. The fourth-order valence-corrected chi connectivity index (χ4v) is 3.23. The standard InChI is InChI=1S/C21H35N3O2.HI/c1-5-22-20(23-17-21(2,3)19-9-7-6-8-10-19)24-12-11-18(15-24)16-26-14-13-25-4;/h6-10,18H,5,11-17H2,1-4H3,(H,22,23);1H. The van der Waals surface area contributed by atoms with Gasteiger partial charge in [-0.1, -0.05) is 44.2 Å². The number of nitrogens with one attached hydrogen (secondary N) is 1. The lowest BCUT2D eigenvalue weighted by Crippen LogP contribution is -2.41. The molecule has 5 nitrogen and oxygen atoms in total. The second kappa shape index (κ2) is 12.6. The molecule has 1 N–H and O–H groups in total. The first kappa shape index (κ1) is 24.2. The highest BCUT2D eigenvalue weighted by atomic mass is 127. The Bertz CT molecular complexity index is 552. The van der Waals surface area contributed by atoms with E-state index in [2.05, 4.69) is 61.3 Å². The van der Waals surface area contributed by atoms with Crippen molar-refractivity contribution < 1.29 is 9.47 Å². The number of hydrogen-bond acceptors (Lipinski definition) is 3. The first-order chi connectivity index (χ1) is 12.6. The average molecular weight is 489 g/mol. The molecule has 27 heavy (non-hydrogen) atoms. The molecule has 0 aromatic heterocycles. The summed E-state index contributed by atoms with van der Waals surface area (Å²) < 4.78 is 10.7. The Morgan fingerprint density at radius 3 is 2.67 bits per heavy atom. The molecule has 1 aromatic carbocycles. The van der Waals surface area contributed by atoms with Gasteiger partial charge in [0.2, 0.25) is 0 Å². The van der Waals surface area contributed by atoms with Crippen molar-refractivity contribution >= 4 is 29.9 Å². The first-order valence-corrected chi connectivity index (χ1v) is 9.72. The number of rotatable bonds is 9. The van der Waals surface area contributed by atoms with Gasteiger partial charge in [-0.05, 0) is 18.9 Å². The molecular weight excluding hydrogens is 453 g/mol. The lowest BCUT2D eigenvalue weighted by atomic mass is 9.85. The minimum absolute atomic E-state index is 0. The van der Waals surface area contributed by atoms with Gasteiger partial charge in [0, 0.05) is 38.1 Å². The minimum atomic E-state index is 0. The molecule has 1 unspecified atom stereocenters. The maximum Gasteiger partial charge on any atom is 0.193 e. The number of aliphatic imine (C=N–C) groups is 1. The molecule has 1 aromatic rings. The van der Waals surface area contributed by atoms with Crippen molar-refractivity contribution in [1.82, 2.24) is 10.2 Å². The van der Waals surface area contributed by atoms with Crippen molar-refractivity contribution in [1.29, 1.82) is 0 Å². The summed E-state index contributed by atoms with van der Waals surface area (Å²) in [5.74, 6) is 1.59. The van der Waals surface area contributed by atoms with E-state index in [0.717, 1.165) is 45.2 Å². The molecule has 1 fully saturated rings. The van der Waals surface area contributed by atoms with Crippen LogP contribution in [0.1, 0.15) is 32.8 Å². The predicted molar refractivity (Wildman–Crippen MR) is 123 cm³/mol. The monoisotopic (exact) mass is 489 g/mol. The maximum absolute atomic E-state index is 5.71. The van der Waals surface area contributed by atoms with Crippen LogP contribution in [0.4, 0.5) is 0 Å². The summed E-state index contributed by atoms with van der Waals surface area (Å²) in [4.78, 5) is 7.33. The van der Waals surface area contributed by atoms with E-state index in [9.17, 15) is 0 Å². The molecule has 1 heterocycles. The summed E-state index contributed by atoms with van der Waals surface area (Å²) in [5.41, 5.74) is 1.34. The summed E-state index contributed by atoms with van der Waals surface area (Å²) in [5, 5.41) is 3.46. The van der Waals surface area contributed by atoms with E-state index in [1.807, 2.05) is 0 Å². The van der Waals surface area contributed by atoms with Gasteiger partial charge in [0.25, 0.3) is 0 Å². The SMILES string of the molecule is CCNC(=NCC(C)(C)c1ccccc1)N1CCC(COCCOC)C1.I. The lowest BCUT2D eigenvalue weighted by molar-refractivity contribution is 0.0536. The van der Waals surface area contributed by atoms with Gasteiger partial charge in [-0.2, -0.15) is 0 Å². The highest BCUT2D eigenvalue weighted by Gasteiger charge is 2.26. The molecule has 0 spiro atoms. The van der Waals surface area contributed by atoms with E-state index in [1.165, 1.54) is 5.56 Å². The zero-order valence-electron chi connectivity index (χ0n) is 17.2. The third-order valence-electron chi connectivity index (χ3n) is 4.88. The van der Waals surface area contributed by atoms with Gasteiger partial charge in [0.15, 0.2) is 5.96 Å². The fraction of sp³-hybridized carbons (Fsp3) is 0.667. The molecule has 0 bridgehead atoms. The van der Waals surface area contributed by atoms with Crippen LogP contribution in [0.3, 0.4) is 0 Å². The molecule has 0 aliphatic carbocycles. The Balaban J connectivity index is 0.00000364. The number of ether oxygens (including phenoxy) is 2. The van der Waals surface area contributed by atoms with Gasteiger partial charge in [-0.25, -0.2) is 0 Å². The third kappa shape index (κ3) is 7.95. The van der Waals surface area contributed by atoms with E-state index < -0.39 is 0 Å². The smallest absolute Gasteiger partial charge is 0.193 e. The lowest BCUT2D eigenvalue weighted by Gasteiger charge is -2.26. The van der Waals surface area contributed by atoms with Crippen molar-refractivity contribution in [3.8, 4) is 0 Å². The van der Waals surface area contributed by atoms with Gasteiger partial charge < -0.3 is 19.7 Å².